The number of rotatable bonds is 11. The van der Waals surface area contributed by atoms with Gasteiger partial charge in [0.05, 0.1) is 11.8 Å². The van der Waals surface area contributed by atoms with Crippen molar-refractivity contribution < 1.29 is 24.3 Å². The van der Waals surface area contributed by atoms with Crippen molar-refractivity contribution in [3.05, 3.63) is 112 Å². The van der Waals surface area contributed by atoms with Crippen LogP contribution in [0.15, 0.2) is 84.9 Å². The Kier molecular flexibility index (Phi) is 11.7. The fraction of sp³-hybridized carbons (Fsp3) is 0.286. The number of Topliss-reactive ketones (excluding diaryl/α,β-unsaturated/α-hetero) is 2. The van der Waals surface area contributed by atoms with Gasteiger partial charge < -0.3 is 19.9 Å². The van der Waals surface area contributed by atoms with E-state index in [1.165, 1.54) is 0 Å². The Hall–Kier alpha value is -4.49. The standard InChI is InChI=1S/C34H36ClN3O3.CO2/c1-2-19-38-31(15-16-34(38)35)33(41)23-25-5-11-28(12-6-25)36-27-9-3-24(4-10-27)22-32(40)26-7-13-29(14-8-26)37-20-17-30(39)18-21-37;2-1-3/h3-16,30,36,39H,2,17-23H2,1H3;. The van der Waals surface area contributed by atoms with Gasteiger partial charge in [0, 0.05) is 55.1 Å². The van der Waals surface area contributed by atoms with Crippen LogP contribution in [0.5, 0.6) is 0 Å². The number of piperidine rings is 1. The number of hydrogen-bond acceptors (Lipinski definition) is 7. The van der Waals surface area contributed by atoms with Crippen LogP contribution < -0.4 is 10.2 Å². The number of aliphatic hydroxyl groups excluding tert-OH is 1. The fourth-order valence-electron chi connectivity index (χ4n) is 5.26. The predicted octanol–water partition coefficient (Wildman–Crippen LogP) is 6.52. The van der Waals surface area contributed by atoms with Gasteiger partial charge in [0.15, 0.2) is 11.6 Å². The van der Waals surface area contributed by atoms with Gasteiger partial charge in [-0.3, -0.25) is 9.59 Å². The lowest BCUT2D eigenvalue weighted by Crippen LogP contribution is -2.35. The van der Waals surface area contributed by atoms with Gasteiger partial charge in [0.1, 0.15) is 5.15 Å². The second-order valence-electron chi connectivity index (χ2n) is 10.8. The van der Waals surface area contributed by atoms with Gasteiger partial charge in [-0.2, -0.15) is 9.59 Å². The van der Waals surface area contributed by atoms with Crippen LogP contribution in [-0.2, 0) is 29.0 Å². The van der Waals surface area contributed by atoms with E-state index in [1.54, 1.807) is 12.1 Å². The number of aliphatic hydroxyl groups is 1. The Bertz CT molecular complexity index is 1570. The van der Waals surface area contributed by atoms with Gasteiger partial charge in [-0.05, 0) is 91.1 Å². The molecule has 228 valence electrons. The van der Waals surface area contributed by atoms with E-state index in [4.69, 9.17) is 21.2 Å². The van der Waals surface area contributed by atoms with Crippen LogP contribution in [0.4, 0.5) is 17.1 Å². The topological polar surface area (TPSA) is 109 Å². The molecule has 2 N–H and O–H groups in total. The van der Waals surface area contributed by atoms with Crippen LogP contribution in [0.25, 0.3) is 0 Å². The van der Waals surface area contributed by atoms with Gasteiger partial charge in [-0.15, -0.1) is 0 Å². The Labute approximate surface area is 262 Å². The fourth-order valence-corrected chi connectivity index (χ4v) is 5.50. The molecular formula is C35H36ClN3O5. The third-order valence-electron chi connectivity index (χ3n) is 7.61. The first kappa shape index (κ1) is 32.4. The first-order valence-corrected chi connectivity index (χ1v) is 15.1. The number of anilines is 3. The number of carbonyl (C=O) groups excluding carboxylic acids is 4. The molecule has 1 fully saturated rings. The molecule has 0 aliphatic carbocycles. The Morgan fingerprint density at radius 3 is 1.86 bits per heavy atom. The molecule has 9 heteroatoms. The number of nitrogens with zero attached hydrogens (tertiary/aromatic N) is 2. The maximum atomic E-state index is 12.9. The number of aromatic nitrogens is 1. The summed E-state index contributed by atoms with van der Waals surface area (Å²) in [5.74, 6) is 0.135. The van der Waals surface area contributed by atoms with Crippen molar-refractivity contribution in [2.75, 3.05) is 23.3 Å². The third kappa shape index (κ3) is 8.77. The molecule has 8 nitrogen and oxygen atoms in total. The predicted molar refractivity (Wildman–Crippen MR) is 171 cm³/mol. The highest BCUT2D eigenvalue weighted by Gasteiger charge is 2.18. The molecule has 1 aliphatic heterocycles. The molecule has 5 rings (SSSR count). The molecule has 1 saturated heterocycles. The van der Waals surface area contributed by atoms with Crippen molar-refractivity contribution >= 4 is 46.4 Å². The van der Waals surface area contributed by atoms with E-state index in [-0.39, 0.29) is 23.8 Å². The van der Waals surface area contributed by atoms with Crippen molar-refractivity contribution in [1.29, 1.82) is 0 Å². The van der Waals surface area contributed by atoms with Gasteiger partial charge in [-0.1, -0.05) is 42.8 Å². The number of ketones is 2. The number of halogens is 1. The zero-order valence-electron chi connectivity index (χ0n) is 24.7. The molecule has 4 aromatic rings. The molecule has 0 spiro atoms. The van der Waals surface area contributed by atoms with E-state index in [9.17, 15) is 14.7 Å². The highest BCUT2D eigenvalue weighted by Crippen LogP contribution is 2.23. The zero-order valence-corrected chi connectivity index (χ0v) is 25.4. The molecule has 0 radical (unpaired) electrons. The SMILES string of the molecule is CCCn1c(Cl)ccc1C(=O)Cc1ccc(Nc2ccc(CC(=O)c3ccc(N4CCC(O)CC4)cc3)cc2)cc1.O=C=O. The zero-order chi connectivity index (χ0) is 31.5. The van der Waals surface area contributed by atoms with E-state index < -0.39 is 0 Å². The van der Waals surface area contributed by atoms with Crippen molar-refractivity contribution in [3.63, 3.8) is 0 Å². The van der Waals surface area contributed by atoms with Crippen LogP contribution >= 0.6 is 11.6 Å². The molecule has 0 unspecified atom stereocenters. The Morgan fingerprint density at radius 1 is 0.818 bits per heavy atom. The molecule has 44 heavy (non-hydrogen) atoms. The maximum Gasteiger partial charge on any atom is 0.373 e. The molecule has 0 atom stereocenters. The molecule has 0 saturated carbocycles. The summed E-state index contributed by atoms with van der Waals surface area (Å²) in [6.07, 6.45) is 3.17. The third-order valence-corrected chi connectivity index (χ3v) is 7.94. The van der Waals surface area contributed by atoms with Crippen LogP contribution in [0.3, 0.4) is 0 Å². The molecule has 0 amide bonds. The monoisotopic (exact) mass is 613 g/mol. The van der Waals surface area contributed by atoms with Crippen LogP contribution in [0, 0.1) is 0 Å². The quantitative estimate of drug-likeness (QED) is 0.185. The number of benzene rings is 3. The summed E-state index contributed by atoms with van der Waals surface area (Å²) >= 11 is 6.24. The molecular weight excluding hydrogens is 578 g/mol. The van der Waals surface area contributed by atoms with Crippen molar-refractivity contribution in [1.82, 2.24) is 4.57 Å². The number of hydrogen-bond donors (Lipinski definition) is 2. The summed E-state index contributed by atoms with van der Waals surface area (Å²) < 4.78 is 1.87. The highest BCUT2D eigenvalue weighted by atomic mass is 35.5. The summed E-state index contributed by atoms with van der Waals surface area (Å²) in [6, 6.07) is 27.1. The number of carbonyl (C=O) groups is 2. The lowest BCUT2D eigenvalue weighted by atomic mass is 10.0. The average Bonchev–Trinajstić information content (AvgIpc) is 3.40. The summed E-state index contributed by atoms with van der Waals surface area (Å²) in [4.78, 5) is 44.2. The minimum Gasteiger partial charge on any atom is -0.393 e. The van der Waals surface area contributed by atoms with E-state index in [2.05, 4.69) is 17.1 Å². The van der Waals surface area contributed by atoms with E-state index >= 15 is 0 Å². The lowest BCUT2D eigenvalue weighted by Gasteiger charge is -2.31. The van der Waals surface area contributed by atoms with E-state index in [1.807, 2.05) is 77.4 Å². The van der Waals surface area contributed by atoms with Crippen molar-refractivity contribution in [2.24, 2.45) is 0 Å². The molecule has 0 bridgehead atoms. The highest BCUT2D eigenvalue weighted by molar-refractivity contribution is 6.30. The van der Waals surface area contributed by atoms with Gasteiger partial charge in [0.2, 0.25) is 0 Å². The summed E-state index contributed by atoms with van der Waals surface area (Å²) in [6.45, 7) is 4.46. The summed E-state index contributed by atoms with van der Waals surface area (Å²) in [5.41, 5.74) is 6.19. The van der Waals surface area contributed by atoms with Gasteiger partial charge in [0.25, 0.3) is 0 Å². The second kappa shape index (κ2) is 15.8. The Balaban J connectivity index is 0.00000141. The van der Waals surface area contributed by atoms with E-state index in [0.29, 0.717) is 29.3 Å². The van der Waals surface area contributed by atoms with E-state index in [0.717, 1.165) is 67.1 Å². The summed E-state index contributed by atoms with van der Waals surface area (Å²) in [5, 5.41) is 13.7. The molecule has 1 aromatic heterocycles. The minimum atomic E-state index is -0.202. The lowest BCUT2D eigenvalue weighted by molar-refractivity contribution is -0.191. The number of nitrogens with one attached hydrogen (secondary N) is 1. The van der Waals surface area contributed by atoms with Crippen molar-refractivity contribution in [2.45, 2.75) is 51.7 Å². The van der Waals surface area contributed by atoms with Crippen LogP contribution in [0.1, 0.15) is 58.2 Å². The van der Waals surface area contributed by atoms with Crippen LogP contribution in [-0.4, -0.2) is 46.6 Å². The molecule has 2 heterocycles. The van der Waals surface area contributed by atoms with Gasteiger partial charge >= 0.3 is 6.15 Å². The largest absolute Gasteiger partial charge is 0.393 e. The minimum absolute atomic E-state index is 0.0508. The smallest absolute Gasteiger partial charge is 0.373 e. The van der Waals surface area contributed by atoms with Gasteiger partial charge in [-0.25, -0.2) is 0 Å². The molecule has 1 aliphatic rings. The first-order chi connectivity index (χ1) is 21.3. The van der Waals surface area contributed by atoms with Crippen molar-refractivity contribution in [3.8, 4) is 0 Å². The second-order valence-corrected chi connectivity index (χ2v) is 11.1. The first-order valence-electron chi connectivity index (χ1n) is 14.7. The van der Waals surface area contributed by atoms with Crippen LogP contribution in [0.2, 0.25) is 5.15 Å². The normalized spacial score (nSPS) is 13.0. The average molecular weight is 614 g/mol. The molecule has 3 aromatic carbocycles. The summed E-state index contributed by atoms with van der Waals surface area (Å²) in [7, 11) is 0. The maximum absolute atomic E-state index is 12.9. The Morgan fingerprint density at radius 2 is 1.34 bits per heavy atom.